The van der Waals surface area contributed by atoms with Crippen molar-refractivity contribution in [2.75, 3.05) is 11.9 Å². The molecular formula is C14H23FN2O. The molecule has 0 bridgehead atoms. The highest BCUT2D eigenvalue weighted by molar-refractivity contribution is 5.39. The van der Waals surface area contributed by atoms with Crippen molar-refractivity contribution in [1.82, 2.24) is 4.98 Å². The van der Waals surface area contributed by atoms with Crippen LogP contribution in [0.5, 0.6) is 0 Å². The summed E-state index contributed by atoms with van der Waals surface area (Å²) >= 11 is 0. The van der Waals surface area contributed by atoms with Gasteiger partial charge in [0, 0.05) is 18.3 Å². The van der Waals surface area contributed by atoms with Crippen molar-refractivity contribution in [2.24, 2.45) is 17.8 Å². The Kier molecular flexibility index (Phi) is 5.54. The monoisotopic (exact) mass is 254 g/mol. The van der Waals surface area contributed by atoms with Crippen LogP contribution in [0.2, 0.25) is 0 Å². The SMILES string of the molecule is CC(C)C(CNc1nccc(CO)c1F)C(C)C. The molecule has 0 unspecified atom stereocenters. The second-order valence-corrected chi connectivity index (χ2v) is 5.32. The lowest BCUT2D eigenvalue weighted by atomic mass is 9.85. The zero-order chi connectivity index (χ0) is 13.7. The van der Waals surface area contributed by atoms with Crippen LogP contribution in [0.25, 0.3) is 0 Å². The highest BCUT2D eigenvalue weighted by atomic mass is 19.1. The first-order valence-electron chi connectivity index (χ1n) is 6.45. The minimum Gasteiger partial charge on any atom is -0.392 e. The molecule has 18 heavy (non-hydrogen) atoms. The molecule has 1 aromatic heterocycles. The highest BCUT2D eigenvalue weighted by Gasteiger charge is 2.18. The zero-order valence-electron chi connectivity index (χ0n) is 11.6. The van der Waals surface area contributed by atoms with Crippen molar-refractivity contribution in [3.8, 4) is 0 Å². The molecule has 1 aromatic rings. The van der Waals surface area contributed by atoms with Crippen LogP contribution in [0.4, 0.5) is 10.2 Å². The predicted molar refractivity (Wildman–Crippen MR) is 71.8 cm³/mol. The van der Waals surface area contributed by atoms with Gasteiger partial charge in [0.05, 0.1) is 6.61 Å². The van der Waals surface area contributed by atoms with Crippen molar-refractivity contribution in [3.05, 3.63) is 23.6 Å². The minimum atomic E-state index is -0.453. The maximum absolute atomic E-state index is 13.8. The van der Waals surface area contributed by atoms with Gasteiger partial charge in [-0.2, -0.15) is 0 Å². The van der Waals surface area contributed by atoms with E-state index in [0.29, 0.717) is 24.3 Å². The average Bonchev–Trinajstić information content (AvgIpc) is 2.30. The number of aliphatic hydroxyl groups is 1. The lowest BCUT2D eigenvalue weighted by Gasteiger charge is -2.25. The van der Waals surface area contributed by atoms with Crippen LogP contribution in [0, 0.1) is 23.6 Å². The van der Waals surface area contributed by atoms with Crippen LogP contribution in [-0.2, 0) is 6.61 Å². The minimum absolute atomic E-state index is 0.229. The van der Waals surface area contributed by atoms with Gasteiger partial charge in [-0.25, -0.2) is 9.37 Å². The summed E-state index contributed by atoms with van der Waals surface area (Å²) in [6.07, 6.45) is 1.51. The van der Waals surface area contributed by atoms with E-state index in [1.807, 2.05) is 0 Å². The van der Waals surface area contributed by atoms with Crippen LogP contribution < -0.4 is 5.32 Å². The highest BCUT2D eigenvalue weighted by Crippen LogP contribution is 2.22. The lowest BCUT2D eigenvalue weighted by Crippen LogP contribution is -2.25. The summed E-state index contributed by atoms with van der Waals surface area (Å²) in [7, 11) is 0. The third-order valence-corrected chi connectivity index (χ3v) is 3.36. The fraction of sp³-hybridized carbons (Fsp3) is 0.643. The summed E-state index contributed by atoms with van der Waals surface area (Å²) in [5.74, 6) is 1.30. The number of hydrogen-bond donors (Lipinski definition) is 2. The summed E-state index contributed by atoms with van der Waals surface area (Å²) in [4.78, 5) is 3.98. The Morgan fingerprint density at radius 2 is 1.89 bits per heavy atom. The Labute approximate surface area is 108 Å². The van der Waals surface area contributed by atoms with Crippen molar-refractivity contribution in [3.63, 3.8) is 0 Å². The Hall–Kier alpha value is -1.16. The van der Waals surface area contributed by atoms with E-state index in [1.165, 1.54) is 12.3 Å². The molecule has 0 radical (unpaired) electrons. The molecule has 0 fully saturated rings. The van der Waals surface area contributed by atoms with E-state index >= 15 is 0 Å². The molecule has 0 atom stereocenters. The molecule has 0 saturated heterocycles. The van der Waals surface area contributed by atoms with Crippen molar-refractivity contribution in [1.29, 1.82) is 0 Å². The van der Waals surface area contributed by atoms with Gasteiger partial charge >= 0.3 is 0 Å². The van der Waals surface area contributed by atoms with Gasteiger partial charge in [0.25, 0.3) is 0 Å². The second-order valence-electron chi connectivity index (χ2n) is 5.32. The Morgan fingerprint density at radius 3 is 2.39 bits per heavy atom. The first kappa shape index (κ1) is 14.9. The summed E-state index contributed by atoms with van der Waals surface area (Å²) in [5, 5.41) is 12.1. The molecule has 4 heteroatoms. The van der Waals surface area contributed by atoms with E-state index in [1.54, 1.807) is 0 Å². The van der Waals surface area contributed by atoms with Crippen LogP contribution in [-0.4, -0.2) is 16.6 Å². The van der Waals surface area contributed by atoms with Gasteiger partial charge in [-0.1, -0.05) is 27.7 Å². The fourth-order valence-electron chi connectivity index (χ4n) is 2.18. The van der Waals surface area contributed by atoms with Gasteiger partial charge in [0.1, 0.15) is 0 Å². The number of nitrogens with zero attached hydrogens (tertiary/aromatic N) is 1. The number of rotatable bonds is 6. The molecule has 0 aliphatic rings. The summed E-state index contributed by atoms with van der Waals surface area (Å²) in [6, 6.07) is 1.49. The van der Waals surface area contributed by atoms with Crippen LogP contribution in [0.1, 0.15) is 33.3 Å². The molecule has 0 aromatic carbocycles. The van der Waals surface area contributed by atoms with Gasteiger partial charge in [-0.15, -0.1) is 0 Å². The van der Waals surface area contributed by atoms with Crippen molar-refractivity contribution in [2.45, 2.75) is 34.3 Å². The van der Waals surface area contributed by atoms with Gasteiger partial charge in [0.2, 0.25) is 0 Å². The number of aliphatic hydroxyl groups excluding tert-OH is 1. The summed E-state index contributed by atoms with van der Waals surface area (Å²) < 4.78 is 13.8. The first-order valence-corrected chi connectivity index (χ1v) is 6.45. The molecule has 0 saturated carbocycles. The van der Waals surface area contributed by atoms with E-state index in [4.69, 9.17) is 5.11 Å². The molecule has 1 heterocycles. The van der Waals surface area contributed by atoms with E-state index in [9.17, 15) is 4.39 Å². The molecule has 1 rings (SSSR count). The van der Waals surface area contributed by atoms with E-state index in [-0.39, 0.29) is 18.0 Å². The normalized spacial score (nSPS) is 11.6. The number of hydrogen-bond acceptors (Lipinski definition) is 3. The maximum atomic E-state index is 13.8. The maximum Gasteiger partial charge on any atom is 0.170 e. The number of aromatic nitrogens is 1. The second kappa shape index (κ2) is 6.69. The number of pyridine rings is 1. The van der Waals surface area contributed by atoms with E-state index in [0.717, 1.165) is 0 Å². The molecular weight excluding hydrogens is 231 g/mol. The Balaban J connectivity index is 2.73. The standard InChI is InChI=1S/C14H23FN2O/c1-9(2)12(10(3)4)7-17-14-13(15)11(8-18)5-6-16-14/h5-6,9-10,12,18H,7-8H2,1-4H3,(H,16,17). The van der Waals surface area contributed by atoms with Crippen LogP contribution in [0.3, 0.4) is 0 Å². The molecule has 102 valence electrons. The topological polar surface area (TPSA) is 45.2 Å². The lowest BCUT2D eigenvalue weighted by molar-refractivity contribution is 0.275. The molecule has 0 spiro atoms. The largest absolute Gasteiger partial charge is 0.392 e. The number of nitrogens with one attached hydrogen (secondary N) is 1. The number of halogens is 1. The molecule has 0 amide bonds. The molecule has 0 aliphatic carbocycles. The van der Waals surface area contributed by atoms with Crippen LogP contribution >= 0.6 is 0 Å². The third-order valence-electron chi connectivity index (χ3n) is 3.36. The fourth-order valence-corrected chi connectivity index (χ4v) is 2.18. The van der Waals surface area contributed by atoms with Gasteiger partial charge in [-0.3, -0.25) is 0 Å². The van der Waals surface area contributed by atoms with Gasteiger partial charge in [-0.05, 0) is 23.8 Å². The van der Waals surface area contributed by atoms with Gasteiger partial charge < -0.3 is 10.4 Å². The first-order chi connectivity index (χ1) is 8.47. The van der Waals surface area contributed by atoms with E-state index < -0.39 is 5.82 Å². The van der Waals surface area contributed by atoms with Gasteiger partial charge in [0.15, 0.2) is 11.6 Å². The summed E-state index contributed by atoms with van der Waals surface area (Å²) in [6.45, 7) is 9.05. The average molecular weight is 254 g/mol. The molecule has 3 nitrogen and oxygen atoms in total. The molecule has 0 aliphatic heterocycles. The Morgan fingerprint density at radius 1 is 1.28 bits per heavy atom. The van der Waals surface area contributed by atoms with Crippen molar-refractivity contribution < 1.29 is 9.50 Å². The van der Waals surface area contributed by atoms with E-state index in [2.05, 4.69) is 38.0 Å². The predicted octanol–water partition coefficient (Wildman–Crippen LogP) is 3.05. The third kappa shape index (κ3) is 3.67. The van der Waals surface area contributed by atoms with Crippen LogP contribution in [0.15, 0.2) is 12.3 Å². The smallest absolute Gasteiger partial charge is 0.170 e. The zero-order valence-corrected chi connectivity index (χ0v) is 11.6. The summed E-state index contributed by atoms with van der Waals surface area (Å²) in [5.41, 5.74) is 0.276. The Bertz CT molecular complexity index is 372. The quantitative estimate of drug-likeness (QED) is 0.820. The number of anilines is 1. The molecule has 2 N–H and O–H groups in total. The van der Waals surface area contributed by atoms with Crippen molar-refractivity contribution >= 4 is 5.82 Å².